The summed E-state index contributed by atoms with van der Waals surface area (Å²) in [6, 6.07) is 5.47. The first-order valence-corrected chi connectivity index (χ1v) is 8.21. The van der Waals surface area contributed by atoms with E-state index < -0.39 is 48.0 Å². The van der Waals surface area contributed by atoms with Gasteiger partial charge in [0.05, 0.1) is 12.7 Å². The fraction of sp³-hybridized carbons (Fsp3) is 0.353. The Morgan fingerprint density at radius 1 is 1.33 bits per heavy atom. The van der Waals surface area contributed by atoms with Crippen LogP contribution in [-0.4, -0.2) is 44.5 Å². The summed E-state index contributed by atoms with van der Waals surface area (Å²) in [5, 5.41) is 21.4. The maximum absolute atomic E-state index is 12.9. The van der Waals surface area contributed by atoms with E-state index in [4.69, 9.17) is 9.84 Å². The van der Waals surface area contributed by atoms with Gasteiger partial charge in [-0.2, -0.15) is 0 Å². The zero-order valence-electron chi connectivity index (χ0n) is 14.1. The maximum atomic E-state index is 12.9. The predicted molar refractivity (Wildman–Crippen MR) is 90.5 cm³/mol. The van der Waals surface area contributed by atoms with Crippen molar-refractivity contribution in [3.8, 4) is 0 Å². The lowest BCUT2D eigenvalue weighted by molar-refractivity contribution is -0.0459. The first-order valence-electron chi connectivity index (χ1n) is 8.21. The first-order chi connectivity index (χ1) is 12.9. The second-order valence-electron chi connectivity index (χ2n) is 6.13. The molecule has 2 heterocycles. The number of nitrogens with zero attached hydrogens (tertiary/aromatic N) is 1. The minimum Gasteiger partial charge on any atom is -0.394 e. The fourth-order valence-electron chi connectivity index (χ4n) is 2.79. The number of aliphatic hydroxyl groups is 2. The zero-order chi connectivity index (χ0) is 19.6. The summed E-state index contributed by atoms with van der Waals surface area (Å²) in [4.78, 5) is 38.4. The summed E-state index contributed by atoms with van der Waals surface area (Å²) in [7, 11) is 0. The molecule has 0 bridgehead atoms. The molecule has 4 N–H and O–H groups in total. The van der Waals surface area contributed by atoms with Gasteiger partial charge >= 0.3 is 5.69 Å². The van der Waals surface area contributed by atoms with Gasteiger partial charge in [-0.25, -0.2) is 9.18 Å². The van der Waals surface area contributed by atoms with Crippen LogP contribution in [0.5, 0.6) is 0 Å². The van der Waals surface area contributed by atoms with E-state index in [2.05, 4.69) is 5.32 Å². The van der Waals surface area contributed by atoms with E-state index in [9.17, 15) is 23.9 Å². The van der Waals surface area contributed by atoms with Gasteiger partial charge in [-0.05, 0) is 17.7 Å². The van der Waals surface area contributed by atoms with Crippen molar-refractivity contribution in [3.05, 3.63) is 68.2 Å². The number of benzene rings is 1. The Morgan fingerprint density at radius 2 is 2.04 bits per heavy atom. The molecule has 0 radical (unpaired) electrons. The van der Waals surface area contributed by atoms with Gasteiger partial charge in [-0.3, -0.25) is 19.1 Å². The van der Waals surface area contributed by atoms with E-state index in [-0.39, 0.29) is 18.5 Å². The number of nitrogens with one attached hydrogen (secondary N) is 2. The topological polar surface area (TPSA) is 134 Å². The lowest BCUT2D eigenvalue weighted by atomic mass is 10.2. The zero-order valence-corrected chi connectivity index (χ0v) is 14.1. The summed E-state index contributed by atoms with van der Waals surface area (Å²) < 4.78 is 19.3. The van der Waals surface area contributed by atoms with Gasteiger partial charge in [-0.15, -0.1) is 0 Å². The molecule has 27 heavy (non-hydrogen) atoms. The average molecular weight is 379 g/mol. The number of amides is 1. The maximum Gasteiger partial charge on any atom is 0.330 e. The number of hydrogen-bond donors (Lipinski definition) is 4. The van der Waals surface area contributed by atoms with Crippen LogP contribution >= 0.6 is 0 Å². The number of ether oxygens (including phenoxy) is 1. The van der Waals surface area contributed by atoms with Crippen molar-refractivity contribution in [2.75, 3.05) is 6.61 Å². The van der Waals surface area contributed by atoms with Crippen molar-refractivity contribution in [1.29, 1.82) is 0 Å². The number of carbonyl (C=O) groups is 1. The van der Waals surface area contributed by atoms with E-state index in [1.807, 2.05) is 4.98 Å². The van der Waals surface area contributed by atoms with E-state index in [1.54, 1.807) is 0 Å². The Labute approximate surface area is 152 Å². The number of rotatable bonds is 5. The largest absolute Gasteiger partial charge is 0.394 e. The van der Waals surface area contributed by atoms with Crippen molar-refractivity contribution in [1.82, 2.24) is 14.9 Å². The molecule has 1 aromatic carbocycles. The van der Waals surface area contributed by atoms with E-state index in [0.29, 0.717) is 5.56 Å². The molecule has 144 valence electrons. The average Bonchev–Trinajstić information content (AvgIpc) is 3.01. The molecule has 1 aliphatic heterocycles. The Morgan fingerprint density at radius 3 is 2.67 bits per heavy atom. The molecule has 2 aromatic rings. The number of halogens is 1. The minimum atomic E-state index is -0.977. The molecule has 10 heteroatoms. The molecule has 1 aromatic heterocycles. The highest BCUT2D eigenvalue weighted by atomic mass is 19.1. The van der Waals surface area contributed by atoms with Crippen LogP contribution in [0.25, 0.3) is 0 Å². The summed E-state index contributed by atoms with van der Waals surface area (Å²) in [6.45, 7) is -0.371. The number of H-pyrrole nitrogens is 1. The second kappa shape index (κ2) is 7.82. The smallest absolute Gasteiger partial charge is 0.330 e. The van der Waals surface area contributed by atoms with Crippen LogP contribution in [0.15, 0.2) is 40.1 Å². The fourth-order valence-corrected chi connectivity index (χ4v) is 2.79. The quantitative estimate of drug-likeness (QED) is 0.540. The lowest BCUT2D eigenvalue weighted by Gasteiger charge is -2.15. The monoisotopic (exact) mass is 379 g/mol. The molecule has 9 nitrogen and oxygen atoms in total. The number of hydrogen-bond acceptors (Lipinski definition) is 6. The second-order valence-corrected chi connectivity index (χ2v) is 6.13. The van der Waals surface area contributed by atoms with Crippen LogP contribution in [0.3, 0.4) is 0 Å². The summed E-state index contributed by atoms with van der Waals surface area (Å²) in [5.41, 5.74) is -1.36. The highest BCUT2D eigenvalue weighted by Crippen LogP contribution is 2.27. The van der Waals surface area contributed by atoms with Gasteiger partial charge < -0.3 is 20.3 Å². The number of carbonyl (C=O) groups excluding carboxylic acids is 1. The Bertz CT molecular complexity index is 939. The van der Waals surface area contributed by atoms with Crippen molar-refractivity contribution in [2.24, 2.45) is 0 Å². The normalized spacial score (nSPS) is 22.0. The highest BCUT2D eigenvalue weighted by molar-refractivity contribution is 5.93. The molecule has 0 saturated carbocycles. The minimum absolute atomic E-state index is 0.0216. The third-order valence-corrected chi connectivity index (χ3v) is 4.27. The van der Waals surface area contributed by atoms with Gasteiger partial charge in [-0.1, -0.05) is 12.1 Å². The SMILES string of the molecule is O=C(NCc1ccc(F)cc1)c1cn([C@H]2C[C@H](O)[C@@H](CO)O2)c(=O)[nH]c1=O. The molecule has 0 aliphatic carbocycles. The standard InChI is InChI=1S/C17H18FN3O6/c18-10-3-1-9(2-4-10)6-19-15(24)11-7-21(17(26)20-16(11)25)14-5-12(23)13(8-22)27-14/h1-4,7,12-14,22-23H,5-6,8H2,(H,19,24)(H,20,25,26)/t12-,13+,14+/m0/s1. The number of aliphatic hydroxyl groups excluding tert-OH is 2. The molecule has 0 spiro atoms. The molecule has 1 amide bonds. The molecular weight excluding hydrogens is 361 g/mol. The van der Waals surface area contributed by atoms with Crippen molar-refractivity contribution in [3.63, 3.8) is 0 Å². The van der Waals surface area contributed by atoms with Gasteiger partial charge in [0.25, 0.3) is 11.5 Å². The molecular formula is C17H18FN3O6. The molecule has 3 atom stereocenters. The Hall–Kier alpha value is -2.82. The van der Waals surface area contributed by atoms with Crippen LogP contribution in [-0.2, 0) is 11.3 Å². The number of aromatic nitrogens is 2. The Kier molecular flexibility index (Phi) is 5.49. The molecule has 1 aliphatic rings. The highest BCUT2D eigenvalue weighted by Gasteiger charge is 2.35. The summed E-state index contributed by atoms with van der Waals surface area (Å²) in [6.07, 6.45) is -1.68. The van der Waals surface area contributed by atoms with Crippen molar-refractivity contribution in [2.45, 2.75) is 31.4 Å². The van der Waals surface area contributed by atoms with E-state index >= 15 is 0 Å². The summed E-state index contributed by atoms with van der Waals surface area (Å²) in [5.74, 6) is -1.14. The van der Waals surface area contributed by atoms with Crippen molar-refractivity contribution >= 4 is 5.91 Å². The van der Waals surface area contributed by atoms with Crippen LogP contribution < -0.4 is 16.6 Å². The van der Waals surface area contributed by atoms with Crippen LogP contribution in [0.2, 0.25) is 0 Å². The Balaban J connectivity index is 1.79. The molecule has 3 rings (SSSR count). The lowest BCUT2D eigenvalue weighted by Crippen LogP contribution is -2.38. The summed E-state index contributed by atoms with van der Waals surface area (Å²) >= 11 is 0. The number of aromatic amines is 1. The van der Waals surface area contributed by atoms with Crippen molar-refractivity contribution < 1.29 is 24.1 Å². The van der Waals surface area contributed by atoms with Gasteiger partial charge in [0.1, 0.15) is 23.7 Å². The van der Waals surface area contributed by atoms with Crippen LogP contribution in [0.1, 0.15) is 28.6 Å². The third kappa shape index (κ3) is 4.13. The van der Waals surface area contributed by atoms with Crippen LogP contribution in [0, 0.1) is 5.82 Å². The molecule has 0 unspecified atom stereocenters. The molecule has 1 fully saturated rings. The van der Waals surface area contributed by atoms with E-state index in [0.717, 1.165) is 10.8 Å². The van der Waals surface area contributed by atoms with Gasteiger partial charge in [0.15, 0.2) is 0 Å². The predicted octanol–water partition coefficient (Wildman–Crippen LogP) is -0.754. The van der Waals surface area contributed by atoms with Gasteiger partial charge in [0.2, 0.25) is 0 Å². The third-order valence-electron chi connectivity index (χ3n) is 4.27. The van der Waals surface area contributed by atoms with Crippen LogP contribution in [0.4, 0.5) is 4.39 Å². The molecule has 1 saturated heterocycles. The van der Waals surface area contributed by atoms with E-state index in [1.165, 1.54) is 24.3 Å². The first kappa shape index (κ1) is 19.0. The van der Waals surface area contributed by atoms with Gasteiger partial charge in [0, 0.05) is 19.2 Å².